The lowest BCUT2D eigenvalue weighted by atomic mass is 10.1. The average Bonchev–Trinajstić information content (AvgIpc) is 2.63. The molecular weight excluding hydrogens is 391 g/mol. The molecule has 12 nitrogen and oxygen atoms in total. The van der Waals surface area contributed by atoms with E-state index in [9.17, 15) is 33.2 Å². The van der Waals surface area contributed by atoms with Gasteiger partial charge in [-0.25, -0.2) is 9.36 Å². The van der Waals surface area contributed by atoms with Crippen LogP contribution in [-0.4, -0.2) is 51.4 Å². The third kappa shape index (κ3) is 6.15. The lowest BCUT2D eigenvalue weighted by Crippen LogP contribution is -2.55. The number of hydrogen-bond donors (Lipinski definition) is 4. The van der Waals surface area contributed by atoms with Crippen LogP contribution in [0.15, 0.2) is 15.8 Å². The first kappa shape index (κ1) is 23.8. The van der Waals surface area contributed by atoms with Gasteiger partial charge in [-0.2, -0.15) is 8.96 Å². The number of nitrogens with two attached hydrogens (primary N) is 3. The molecule has 1 rings (SSSR count). The zero-order valence-corrected chi connectivity index (χ0v) is 15.7. The van der Waals surface area contributed by atoms with E-state index in [1.165, 1.54) is 0 Å². The molecule has 1 aromatic rings. The number of primary amides is 1. The van der Waals surface area contributed by atoms with Gasteiger partial charge in [-0.15, -0.1) is 0 Å². The Morgan fingerprint density at radius 2 is 1.83 bits per heavy atom. The summed E-state index contributed by atoms with van der Waals surface area (Å²) >= 11 is 0. The molecule has 1 aromatic heterocycles. The first-order chi connectivity index (χ1) is 13.5. The van der Waals surface area contributed by atoms with Crippen molar-refractivity contribution in [2.24, 2.45) is 17.2 Å². The van der Waals surface area contributed by atoms with Crippen molar-refractivity contribution >= 4 is 23.6 Å². The van der Waals surface area contributed by atoms with Crippen molar-refractivity contribution in [3.8, 4) is 0 Å². The van der Waals surface area contributed by atoms with Crippen LogP contribution in [-0.2, 0) is 9.59 Å². The third-order valence-corrected chi connectivity index (χ3v) is 3.93. The van der Waals surface area contributed by atoms with Gasteiger partial charge in [0, 0.05) is 6.92 Å². The summed E-state index contributed by atoms with van der Waals surface area (Å²) in [6.07, 6.45) is 0.563. The van der Waals surface area contributed by atoms with Crippen LogP contribution in [0.2, 0.25) is 0 Å². The number of amides is 2. The standard InChI is InChI=1S/C16H23FN6O6/c1-8(24)22-7-9(17)14(27)23(16(22)29)15(28)11(4-2-3-5-18)21-13(26)10(19)6-12(20)25/h7,10-11H,2-6,18-19H2,1H3,(H2,20,25)(H,21,26)/t10-,11-/m0/s1. The van der Waals surface area contributed by atoms with Crippen molar-refractivity contribution in [1.82, 2.24) is 14.5 Å². The van der Waals surface area contributed by atoms with Crippen LogP contribution >= 0.6 is 0 Å². The second-order valence-electron chi connectivity index (χ2n) is 6.25. The van der Waals surface area contributed by atoms with Gasteiger partial charge in [-0.3, -0.25) is 24.0 Å². The highest BCUT2D eigenvalue weighted by atomic mass is 19.1. The number of rotatable bonds is 9. The SMILES string of the molecule is CC(=O)n1cc(F)c(=O)n(C(=O)[C@H](CCCCN)NC(=O)[C@@H](N)CC(N)=O)c1=O. The molecule has 0 aliphatic rings. The van der Waals surface area contributed by atoms with E-state index in [4.69, 9.17) is 17.2 Å². The number of aromatic nitrogens is 2. The monoisotopic (exact) mass is 414 g/mol. The van der Waals surface area contributed by atoms with Gasteiger partial charge < -0.3 is 22.5 Å². The highest BCUT2D eigenvalue weighted by Crippen LogP contribution is 2.04. The van der Waals surface area contributed by atoms with E-state index >= 15 is 0 Å². The van der Waals surface area contributed by atoms with Crippen molar-refractivity contribution in [2.45, 2.75) is 44.7 Å². The van der Waals surface area contributed by atoms with Gasteiger partial charge in [-0.05, 0) is 25.8 Å². The Hall–Kier alpha value is -3.19. The molecule has 0 bridgehead atoms. The number of hydrogen-bond acceptors (Lipinski definition) is 8. The molecule has 13 heteroatoms. The summed E-state index contributed by atoms with van der Waals surface area (Å²) in [5.41, 5.74) is 12.9. The van der Waals surface area contributed by atoms with Crippen LogP contribution < -0.4 is 33.8 Å². The van der Waals surface area contributed by atoms with E-state index in [2.05, 4.69) is 5.32 Å². The molecule has 0 saturated heterocycles. The van der Waals surface area contributed by atoms with Crippen molar-refractivity contribution in [3.63, 3.8) is 0 Å². The summed E-state index contributed by atoms with van der Waals surface area (Å²) in [5.74, 6) is -5.49. The summed E-state index contributed by atoms with van der Waals surface area (Å²) in [7, 11) is 0. The third-order valence-electron chi connectivity index (χ3n) is 3.93. The van der Waals surface area contributed by atoms with E-state index in [0.29, 0.717) is 19.0 Å². The summed E-state index contributed by atoms with van der Waals surface area (Å²) < 4.78 is 14.1. The molecule has 29 heavy (non-hydrogen) atoms. The number of halogens is 1. The Labute approximate surface area is 163 Å². The molecule has 0 saturated carbocycles. The molecule has 2 atom stereocenters. The van der Waals surface area contributed by atoms with Gasteiger partial charge in [0.05, 0.1) is 18.7 Å². The van der Waals surface area contributed by atoms with Crippen LogP contribution in [0.3, 0.4) is 0 Å². The maximum absolute atomic E-state index is 13.9. The molecule has 0 spiro atoms. The van der Waals surface area contributed by atoms with Crippen LogP contribution in [0, 0.1) is 5.82 Å². The fraction of sp³-hybridized carbons (Fsp3) is 0.500. The van der Waals surface area contributed by atoms with E-state index < -0.39 is 59.2 Å². The fourth-order valence-corrected chi connectivity index (χ4v) is 2.44. The smallest absolute Gasteiger partial charge is 0.344 e. The predicted molar refractivity (Wildman–Crippen MR) is 98.5 cm³/mol. The van der Waals surface area contributed by atoms with Crippen LogP contribution in [0.4, 0.5) is 4.39 Å². The van der Waals surface area contributed by atoms with Gasteiger partial charge in [-0.1, -0.05) is 0 Å². The summed E-state index contributed by atoms with van der Waals surface area (Å²) in [5, 5.41) is 2.22. The molecule has 0 aromatic carbocycles. The lowest BCUT2D eigenvalue weighted by Gasteiger charge is -2.20. The topological polar surface area (TPSA) is 202 Å². The quantitative estimate of drug-likeness (QED) is 0.311. The molecule has 160 valence electrons. The minimum atomic E-state index is -1.57. The molecule has 7 N–H and O–H groups in total. The highest BCUT2D eigenvalue weighted by molar-refractivity contribution is 5.92. The number of unbranched alkanes of at least 4 members (excludes halogenated alkanes) is 1. The van der Waals surface area contributed by atoms with Gasteiger partial charge in [0.2, 0.25) is 23.5 Å². The second kappa shape index (κ2) is 10.4. The van der Waals surface area contributed by atoms with E-state index in [-0.39, 0.29) is 22.1 Å². The molecule has 0 aliphatic carbocycles. The van der Waals surface area contributed by atoms with Crippen LogP contribution in [0.5, 0.6) is 0 Å². The molecule has 0 unspecified atom stereocenters. The Bertz CT molecular complexity index is 923. The summed E-state index contributed by atoms with van der Waals surface area (Å²) in [6.45, 7) is 1.20. The Morgan fingerprint density at radius 1 is 1.21 bits per heavy atom. The average molecular weight is 414 g/mol. The van der Waals surface area contributed by atoms with Gasteiger partial charge >= 0.3 is 5.69 Å². The maximum Gasteiger partial charge on any atom is 0.344 e. The zero-order chi connectivity index (χ0) is 22.3. The van der Waals surface area contributed by atoms with E-state index in [1.54, 1.807) is 0 Å². The molecule has 2 amide bonds. The van der Waals surface area contributed by atoms with Crippen LogP contribution in [0.1, 0.15) is 42.2 Å². The normalized spacial score (nSPS) is 12.8. The van der Waals surface area contributed by atoms with Gasteiger partial charge in [0.1, 0.15) is 6.04 Å². The molecular formula is C16H23FN6O6. The van der Waals surface area contributed by atoms with Crippen molar-refractivity contribution < 1.29 is 23.6 Å². The minimum Gasteiger partial charge on any atom is -0.370 e. The molecule has 0 radical (unpaired) electrons. The molecule has 1 heterocycles. The number of carbonyl (C=O) groups excluding carboxylic acids is 4. The lowest BCUT2D eigenvalue weighted by molar-refractivity contribution is -0.126. The van der Waals surface area contributed by atoms with Gasteiger partial charge in [0.15, 0.2) is 0 Å². The maximum atomic E-state index is 13.9. The number of nitrogens with zero attached hydrogens (tertiary/aromatic N) is 2. The van der Waals surface area contributed by atoms with E-state index in [0.717, 1.165) is 6.92 Å². The number of carbonyl (C=O) groups is 4. The van der Waals surface area contributed by atoms with Crippen molar-refractivity contribution in [1.29, 1.82) is 0 Å². The van der Waals surface area contributed by atoms with E-state index in [1.807, 2.05) is 0 Å². The first-order valence-corrected chi connectivity index (χ1v) is 8.64. The summed E-state index contributed by atoms with van der Waals surface area (Å²) in [4.78, 5) is 71.7. The molecule has 0 aliphatic heterocycles. The second-order valence-corrected chi connectivity index (χ2v) is 6.25. The summed E-state index contributed by atoms with van der Waals surface area (Å²) in [6, 6.07) is -2.84. The Kier molecular flexibility index (Phi) is 8.54. The Morgan fingerprint density at radius 3 is 2.34 bits per heavy atom. The minimum absolute atomic E-state index is 0.0620. The van der Waals surface area contributed by atoms with Gasteiger partial charge in [0.25, 0.3) is 11.5 Å². The highest BCUT2D eigenvalue weighted by Gasteiger charge is 2.29. The molecule has 0 fully saturated rings. The predicted octanol–water partition coefficient (Wildman–Crippen LogP) is -2.73. The zero-order valence-electron chi connectivity index (χ0n) is 15.7. The largest absolute Gasteiger partial charge is 0.370 e. The van der Waals surface area contributed by atoms with Crippen LogP contribution in [0.25, 0.3) is 0 Å². The first-order valence-electron chi connectivity index (χ1n) is 8.64. The fourth-order valence-electron chi connectivity index (χ4n) is 2.44. The Balaban J connectivity index is 3.33. The van der Waals surface area contributed by atoms with Crippen molar-refractivity contribution in [2.75, 3.05) is 6.54 Å². The van der Waals surface area contributed by atoms with Crippen molar-refractivity contribution in [3.05, 3.63) is 32.9 Å². The number of nitrogens with one attached hydrogen (secondary N) is 1.